The van der Waals surface area contributed by atoms with Crippen LogP contribution in [-0.2, 0) is 0 Å². The van der Waals surface area contributed by atoms with E-state index in [1.54, 1.807) is 30.0 Å². The van der Waals surface area contributed by atoms with E-state index in [0.29, 0.717) is 11.1 Å². The summed E-state index contributed by atoms with van der Waals surface area (Å²) in [4.78, 5) is 26.1. The van der Waals surface area contributed by atoms with Crippen LogP contribution in [0.15, 0.2) is 80.1 Å². The normalized spacial score (nSPS) is 15.5. The number of carbonyl (C=O) groups excluding carboxylic acids is 2. The first-order valence-corrected chi connectivity index (χ1v) is 10.9. The molecule has 0 saturated heterocycles. The lowest BCUT2D eigenvalue weighted by atomic mass is 10.1. The van der Waals surface area contributed by atoms with Gasteiger partial charge in [0.15, 0.2) is 5.78 Å². The van der Waals surface area contributed by atoms with Gasteiger partial charge in [0, 0.05) is 17.2 Å². The van der Waals surface area contributed by atoms with Crippen molar-refractivity contribution >= 4 is 46.9 Å². The smallest absolute Gasteiger partial charge is 0.201 e. The number of hydrogen-bond donors (Lipinski definition) is 0. The van der Waals surface area contributed by atoms with Gasteiger partial charge in [-0.1, -0.05) is 91.1 Å². The maximum Gasteiger partial charge on any atom is 0.201 e. The van der Waals surface area contributed by atoms with Crippen molar-refractivity contribution in [1.82, 2.24) is 0 Å². The monoisotopic (exact) mass is 398 g/mol. The summed E-state index contributed by atoms with van der Waals surface area (Å²) >= 11 is 4.63. The van der Waals surface area contributed by atoms with E-state index in [0.717, 1.165) is 25.6 Å². The summed E-state index contributed by atoms with van der Waals surface area (Å²) in [5, 5.41) is 0. The number of benzene rings is 2. The van der Waals surface area contributed by atoms with E-state index in [-0.39, 0.29) is 11.6 Å². The predicted octanol–water partition coefficient (Wildman–Crippen LogP) is 6.39. The van der Waals surface area contributed by atoms with Crippen LogP contribution in [0.2, 0.25) is 0 Å². The van der Waals surface area contributed by atoms with E-state index in [2.05, 4.69) is 6.92 Å². The van der Waals surface area contributed by atoms with Crippen molar-refractivity contribution in [1.29, 1.82) is 0 Å². The second kappa shape index (κ2) is 9.31. The molecule has 1 aliphatic rings. The lowest BCUT2D eigenvalue weighted by Gasteiger charge is -2.03. The molecule has 0 aliphatic carbocycles. The van der Waals surface area contributed by atoms with Gasteiger partial charge in [-0.15, -0.1) is 11.8 Å². The highest BCUT2D eigenvalue weighted by Crippen LogP contribution is 2.54. The second-order valence-corrected chi connectivity index (χ2v) is 9.28. The Bertz CT molecular complexity index is 855. The Hall–Kier alpha value is -1.69. The third-order valence-electron chi connectivity index (χ3n) is 3.57. The molecule has 0 fully saturated rings. The Labute approximate surface area is 166 Å². The van der Waals surface area contributed by atoms with Gasteiger partial charge in [-0.3, -0.25) is 9.59 Å². The van der Waals surface area contributed by atoms with Crippen molar-refractivity contribution in [3.8, 4) is 0 Å². The first-order chi connectivity index (χ1) is 12.7. The van der Waals surface area contributed by atoms with Gasteiger partial charge < -0.3 is 0 Å². The number of thioether (sulfide) groups is 3. The van der Waals surface area contributed by atoms with Crippen LogP contribution >= 0.6 is 35.3 Å². The predicted molar refractivity (Wildman–Crippen MR) is 115 cm³/mol. The lowest BCUT2D eigenvalue weighted by Crippen LogP contribution is -2.00. The Morgan fingerprint density at radius 3 is 2.15 bits per heavy atom. The van der Waals surface area contributed by atoms with Gasteiger partial charge in [-0.2, -0.15) is 0 Å². The number of allylic oxidation sites excluding steroid dienone is 2. The van der Waals surface area contributed by atoms with Crippen LogP contribution in [0.25, 0.3) is 0 Å². The Kier molecular flexibility index (Phi) is 6.83. The van der Waals surface area contributed by atoms with Gasteiger partial charge >= 0.3 is 0 Å². The van der Waals surface area contributed by atoms with Crippen LogP contribution in [0.3, 0.4) is 0 Å². The minimum absolute atomic E-state index is 0.0252. The molecule has 0 atom stereocenters. The quantitative estimate of drug-likeness (QED) is 0.399. The van der Waals surface area contributed by atoms with E-state index in [9.17, 15) is 9.59 Å². The summed E-state index contributed by atoms with van der Waals surface area (Å²) in [6.45, 7) is 2.12. The summed E-state index contributed by atoms with van der Waals surface area (Å²) in [6, 6.07) is 18.5. The molecule has 132 valence electrons. The number of hydrogen-bond acceptors (Lipinski definition) is 5. The topological polar surface area (TPSA) is 34.1 Å². The van der Waals surface area contributed by atoms with E-state index >= 15 is 0 Å². The highest BCUT2D eigenvalue weighted by Gasteiger charge is 2.28. The minimum Gasteiger partial charge on any atom is -0.289 e. The zero-order chi connectivity index (χ0) is 18.4. The van der Waals surface area contributed by atoms with Gasteiger partial charge in [-0.05, 0) is 12.2 Å². The van der Waals surface area contributed by atoms with Crippen molar-refractivity contribution < 1.29 is 9.59 Å². The number of rotatable bonds is 7. The van der Waals surface area contributed by atoms with Gasteiger partial charge in [0.1, 0.15) is 0 Å². The highest BCUT2D eigenvalue weighted by atomic mass is 32.2. The molecule has 0 saturated carbocycles. The largest absolute Gasteiger partial charge is 0.289 e. The molecule has 5 heteroatoms. The van der Waals surface area contributed by atoms with Crippen molar-refractivity contribution in [2.24, 2.45) is 0 Å². The molecule has 0 radical (unpaired) electrons. The standard InChI is InChI=1S/C21H18O2S3/c1-2-13-24-21-20(19(23)16-11-7-4-8-12-16)25-18(26-21)14-17(22)15-9-5-3-6-10-15/h3-12,14H,2,13H2,1H3/b18-14+. The molecule has 1 aliphatic heterocycles. The molecule has 0 unspecified atom stereocenters. The Morgan fingerprint density at radius 1 is 0.923 bits per heavy atom. The molecule has 2 nitrogen and oxygen atoms in total. The van der Waals surface area contributed by atoms with Crippen LogP contribution in [0.4, 0.5) is 0 Å². The maximum atomic E-state index is 12.9. The van der Waals surface area contributed by atoms with Crippen LogP contribution in [0.1, 0.15) is 34.1 Å². The SMILES string of the molecule is CCCSC1=C(C(=O)c2ccccc2)S/C(=C\C(=O)c2ccccc2)S1. The molecule has 0 aromatic heterocycles. The van der Waals surface area contributed by atoms with Gasteiger partial charge in [0.05, 0.1) is 13.4 Å². The third-order valence-corrected chi connectivity index (χ3v) is 7.63. The molecule has 2 aromatic carbocycles. The fourth-order valence-corrected chi connectivity index (χ4v) is 6.24. The molecule has 3 rings (SSSR count). The molecule has 0 amide bonds. The van der Waals surface area contributed by atoms with Gasteiger partial charge in [0.2, 0.25) is 5.78 Å². The second-order valence-electron chi connectivity index (χ2n) is 5.56. The summed E-state index contributed by atoms with van der Waals surface area (Å²) in [5.74, 6) is 0.945. The van der Waals surface area contributed by atoms with Crippen molar-refractivity contribution in [3.63, 3.8) is 0 Å². The van der Waals surface area contributed by atoms with Crippen molar-refractivity contribution in [3.05, 3.63) is 91.2 Å². The van der Waals surface area contributed by atoms with Crippen molar-refractivity contribution in [2.75, 3.05) is 5.75 Å². The number of carbonyl (C=O) groups is 2. The molecule has 2 aromatic rings. The van der Waals surface area contributed by atoms with Crippen LogP contribution in [0, 0.1) is 0 Å². The molecular formula is C21H18O2S3. The minimum atomic E-state index is -0.0335. The van der Waals surface area contributed by atoms with E-state index in [1.165, 1.54) is 23.5 Å². The van der Waals surface area contributed by atoms with Crippen LogP contribution < -0.4 is 0 Å². The first-order valence-electron chi connectivity index (χ1n) is 8.32. The van der Waals surface area contributed by atoms with Crippen LogP contribution in [-0.4, -0.2) is 17.3 Å². The van der Waals surface area contributed by atoms with E-state index in [4.69, 9.17) is 0 Å². The molecule has 1 heterocycles. The highest BCUT2D eigenvalue weighted by molar-refractivity contribution is 8.36. The van der Waals surface area contributed by atoms with Gasteiger partial charge in [0.25, 0.3) is 0 Å². The maximum absolute atomic E-state index is 12.9. The molecule has 0 bridgehead atoms. The Balaban J connectivity index is 1.83. The zero-order valence-corrected chi connectivity index (χ0v) is 16.8. The van der Waals surface area contributed by atoms with E-state index in [1.807, 2.05) is 48.5 Å². The van der Waals surface area contributed by atoms with Gasteiger partial charge in [-0.25, -0.2) is 0 Å². The number of ketones is 2. The fourth-order valence-electron chi connectivity index (χ4n) is 2.30. The van der Waals surface area contributed by atoms with Crippen molar-refractivity contribution in [2.45, 2.75) is 13.3 Å². The average Bonchev–Trinajstić information content (AvgIpc) is 3.09. The molecule has 0 spiro atoms. The average molecular weight is 399 g/mol. The molecule has 26 heavy (non-hydrogen) atoms. The Morgan fingerprint density at radius 2 is 1.54 bits per heavy atom. The summed E-state index contributed by atoms with van der Waals surface area (Å²) in [7, 11) is 0. The summed E-state index contributed by atoms with van der Waals surface area (Å²) < 4.78 is 1.86. The zero-order valence-electron chi connectivity index (χ0n) is 14.3. The molecule has 0 N–H and O–H groups in total. The summed E-state index contributed by atoms with van der Waals surface area (Å²) in [6.07, 6.45) is 2.68. The fraction of sp³-hybridized carbons (Fsp3) is 0.143. The molecular weight excluding hydrogens is 380 g/mol. The van der Waals surface area contributed by atoms with Crippen LogP contribution in [0.5, 0.6) is 0 Å². The first kappa shape index (κ1) is 19.1. The number of Topliss-reactive ketones (excluding diaryl/α,β-unsaturated/α-hetero) is 1. The van der Waals surface area contributed by atoms with E-state index < -0.39 is 0 Å². The third kappa shape index (κ3) is 4.72. The summed E-state index contributed by atoms with van der Waals surface area (Å²) in [5.41, 5.74) is 1.34. The lowest BCUT2D eigenvalue weighted by molar-refractivity contribution is 0.103.